The van der Waals surface area contributed by atoms with Crippen LogP contribution in [0.15, 0.2) is 75.2 Å². The summed E-state index contributed by atoms with van der Waals surface area (Å²) < 4.78 is 23.8. The average molecular weight is 449 g/mol. The van der Waals surface area contributed by atoms with Crippen molar-refractivity contribution in [3.05, 3.63) is 77.0 Å². The van der Waals surface area contributed by atoms with Crippen LogP contribution in [0.25, 0.3) is 11.1 Å². The maximum absolute atomic E-state index is 11.9. The minimum Gasteiger partial charge on any atom is -0.344 e. The Morgan fingerprint density at radius 1 is 0.969 bits per heavy atom. The molecular weight excluding hydrogens is 420 g/mol. The van der Waals surface area contributed by atoms with Gasteiger partial charge in [0.25, 0.3) is 0 Å². The summed E-state index contributed by atoms with van der Waals surface area (Å²) in [6, 6.07) is 15.7. The Balaban J connectivity index is 0.00000245. The molecule has 0 saturated carbocycles. The van der Waals surface area contributed by atoms with E-state index in [0.717, 1.165) is 41.1 Å². The molecule has 5 rings (SSSR count). The van der Waals surface area contributed by atoms with E-state index in [1.807, 2.05) is 12.3 Å². The Bertz CT molecular complexity index is 1230. The normalized spacial score (nSPS) is 20.7. The van der Waals surface area contributed by atoms with E-state index in [1.54, 1.807) is 24.4 Å². The number of hydrogen-bond acceptors (Lipinski definition) is 6. The SMILES string of the molecule is CS(=O)(=O)c1cccc(C2=C3N=CC(c4ccc(C5CCNCC5)cc4)=CC3N=C2)c1.N. The number of rotatable bonds is 4. The Hall–Kier alpha value is -2.87. The molecule has 1 fully saturated rings. The van der Waals surface area contributed by atoms with Crippen molar-refractivity contribution in [2.45, 2.75) is 29.7 Å². The first-order chi connectivity index (χ1) is 15.0. The topological polar surface area (TPSA) is 106 Å². The number of fused-ring (bicyclic) bond motifs is 1. The third kappa shape index (κ3) is 4.37. The van der Waals surface area contributed by atoms with Gasteiger partial charge in [0, 0.05) is 24.3 Å². The number of piperidine rings is 1. The van der Waals surface area contributed by atoms with E-state index >= 15 is 0 Å². The van der Waals surface area contributed by atoms with E-state index in [2.05, 4.69) is 40.7 Å². The summed E-state index contributed by atoms with van der Waals surface area (Å²) in [4.78, 5) is 9.65. The van der Waals surface area contributed by atoms with Gasteiger partial charge in [-0.15, -0.1) is 0 Å². The highest BCUT2D eigenvalue weighted by molar-refractivity contribution is 7.90. The zero-order valence-electron chi connectivity index (χ0n) is 18.2. The van der Waals surface area contributed by atoms with Crippen LogP contribution < -0.4 is 11.5 Å². The lowest BCUT2D eigenvalue weighted by Crippen LogP contribution is -2.26. The molecule has 0 spiro atoms. The van der Waals surface area contributed by atoms with Gasteiger partial charge < -0.3 is 11.5 Å². The molecule has 3 aliphatic rings. The highest BCUT2D eigenvalue weighted by atomic mass is 32.2. The molecule has 1 unspecified atom stereocenters. The van der Waals surface area contributed by atoms with Gasteiger partial charge in [-0.1, -0.05) is 36.4 Å². The molecular formula is C25H28N4O2S. The number of allylic oxidation sites excluding steroid dienone is 2. The van der Waals surface area contributed by atoms with E-state index in [1.165, 1.54) is 24.7 Å². The van der Waals surface area contributed by atoms with E-state index in [-0.39, 0.29) is 12.2 Å². The fraction of sp³-hybridized carbons (Fsp3) is 0.280. The first-order valence-electron chi connectivity index (χ1n) is 10.6. The smallest absolute Gasteiger partial charge is 0.175 e. The van der Waals surface area contributed by atoms with Crippen molar-refractivity contribution in [1.29, 1.82) is 0 Å². The fourth-order valence-corrected chi connectivity index (χ4v) is 5.13. The maximum Gasteiger partial charge on any atom is 0.175 e. The molecule has 32 heavy (non-hydrogen) atoms. The highest BCUT2D eigenvalue weighted by Gasteiger charge is 2.25. The maximum atomic E-state index is 11.9. The van der Waals surface area contributed by atoms with Crippen LogP contribution in [-0.2, 0) is 9.84 Å². The molecule has 2 aromatic carbocycles. The Morgan fingerprint density at radius 2 is 1.72 bits per heavy atom. The van der Waals surface area contributed by atoms with Crippen LogP contribution >= 0.6 is 0 Å². The lowest BCUT2D eigenvalue weighted by atomic mass is 9.89. The number of sulfone groups is 1. The van der Waals surface area contributed by atoms with Gasteiger partial charge >= 0.3 is 0 Å². The second kappa shape index (κ2) is 8.94. The third-order valence-electron chi connectivity index (χ3n) is 6.23. The molecule has 1 saturated heterocycles. The molecule has 0 amide bonds. The number of hydrogen-bond donors (Lipinski definition) is 2. The first kappa shape index (κ1) is 22.3. The molecule has 2 aromatic rings. The molecule has 7 heteroatoms. The first-order valence-corrected chi connectivity index (χ1v) is 12.5. The second-order valence-corrected chi connectivity index (χ2v) is 10.4. The van der Waals surface area contributed by atoms with Gasteiger partial charge in [-0.05, 0) is 72.3 Å². The molecule has 0 radical (unpaired) electrons. The van der Waals surface area contributed by atoms with Gasteiger partial charge in [0.1, 0.15) is 6.04 Å². The summed E-state index contributed by atoms with van der Waals surface area (Å²) in [5, 5.41) is 3.42. The van der Waals surface area contributed by atoms with Crippen molar-refractivity contribution < 1.29 is 8.42 Å². The lowest BCUT2D eigenvalue weighted by molar-refractivity contribution is 0.460. The Labute approximate surface area is 189 Å². The number of benzene rings is 2. The molecule has 166 valence electrons. The predicted octanol–water partition coefficient (Wildman–Crippen LogP) is 4.05. The van der Waals surface area contributed by atoms with E-state index < -0.39 is 9.84 Å². The number of nitrogens with zero attached hydrogens (tertiary/aromatic N) is 2. The summed E-state index contributed by atoms with van der Waals surface area (Å²) in [6.07, 6.45) is 9.43. The summed E-state index contributed by atoms with van der Waals surface area (Å²) >= 11 is 0. The number of dihydropyridines is 1. The van der Waals surface area contributed by atoms with Gasteiger partial charge in [-0.3, -0.25) is 9.98 Å². The summed E-state index contributed by atoms with van der Waals surface area (Å²) in [7, 11) is -3.26. The zero-order valence-corrected chi connectivity index (χ0v) is 19.0. The molecule has 0 bridgehead atoms. The highest BCUT2D eigenvalue weighted by Crippen LogP contribution is 2.34. The van der Waals surface area contributed by atoms with Gasteiger partial charge in [-0.2, -0.15) is 0 Å². The van der Waals surface area contributed by atoms with Gasteiger partial charge in [0.2, 0.25) is 0 Å². The van der Waals surface area contributed by atoms with Gasteiger partial charge in [0.05, 0.1) is 10.6 Å². The minimum absolute atomic E-state index is 0. The quantitative estimate of drug-likeness (QED) is 0.736. The third-order valence-corrected chi connectivity index (χ3v) is 7.34. The summed E-state index contributed by atoms with van der Waals surface area (Å²) in [6.45, 7) is 2.18. The van der Waals surface area contributed by atoms with Crippen LogP contribution in [0.3, 0.4) is 0 Å². The molecule has 3 heterocycles. The summed E-state index contributed by atoms with van der Waals surface area (Å²) in [5.74, 6) is 0.642. The number of aliphatic imine (C=N–C) groups is 2. The van der Waals surface area contributed by atoms with Crippen LogP contribution in [0.4, 0.5) is 0 Å². The average Bonchev–Trinajstić information content (AvgIpc) is 3.23. The van der Waals surface area contributed by atoms with E-state index in [4.69, 9.17) is 4.99 Å². The largest absolute Gasteiger partial charge is 0.344 e. The second-order valence-electron chi connectivity index (χ2n) is 8.35. The predicted molar refractivity (Wildman–Crippen MR) is 132 cm³/mol. The van der Waals surface area contributed by atoms with Crippen LogP contribution in [0, 0.1) is 0 Å². The fourth-order valence-electron chi connectivity index (χ4n) is 4.46. The van der Waals surface area contributed by atoms with Crippen molar-refractivity contribution in [3.8, 4) is 0 Å². The van der Waals surface area contributed by atoms with Crippen LogP contribution in [0.2, 0.25) is 0 Å². The molecule has 3 aliphatic heterocycles. The minimum atomic E-state index is -3.26. The van der Waals surface area contributed by atoms with Crippen molar-refractivity contribution in [2.24, 2.45) is 9.98 Å². The Kier molecular flexibility index (Phi) is 6.24. The van der Waals surface area contributed by atoms with Crippen LogP contribution in [-0.4, -0.2) is 46.2 Å². The molecule has 0 aliphatic carbocycles. The molecule has 6 nitrogen and oxygen atoms in total. The van der Waals surface area contributed by atoms with Gasteiger partial charge in [-0.25, -0.2) is 8.42 Å². The van der Waals surface area contributed by atoms with Crippen molar-refractivity contribution >= 4 is 33.4 Å². The molecule has 0 aromatic heterocycles. The van der Waals surface area contributed by atoms with Crippen LogP contribution in [0.1, 0.15) is 35.4 Å². The Morgan fingerprint density at radius 3 is 2.44 bits per heavy atom. The van der Waals surface area contributed by atoms with E-state index in [0.29, 0.717) is 10.8 Å². The van der Waals surface area contributed by atoms with Gasteiger partial charge in [0.15, 0.2) is 9.84 Å². The standard InChI is InChI=1S/C25H25N3O2S.H3N/c1-31(29,30)22-4-2-3-20(13-22)23-16-27-24-14-21(15-28-25(23)24)18-7-5-17(6-8-18)19-9-11-26-12-10-19;/h2-8,13-16,19,24,26H,9-12H2,1H3;1H3. The van der Waals surface area contributed by atoms with Crippen LogP contribution in [0.5, 0.6) is 0 Å². The van der Waals surface area contributed by atoms with E-state index in [9.17, 15) is 8.42 Å². The van der Waals surface area contributed by atoms with Crippen molar-refractivity contribution in [1.82, 2.24) is 11.5 Å². The lowest BCUT2D eigenvalue weighted by Gasteiger charge is -2.23. The number of nitrogens with one attached hydrogen (secondary N) is 1. The molecule has 1 atom stereocenters. The summed E-state index contributed by atoms with van der Waals surface area (Å²) in [5.41, 5.74) is 6.18. The van der Waals surface area contributed by atoms with Crippen molar-refractivity contribution in [2.75, 3.05) is 19.3 Å². The van der Waals surface area contributed by atoms with Crippen molar-refractivity contribution in [3.63, 3.8) is 0 Å². The molecule has 4 N–H and O–H groups in total. The monoisotopic (exact) mass is 448 g/mol. The zero-order chi connectivity index (χ0) is 21.4.